The van der Waals surface area contributed by atoms with Gasteiger partial charge in [0.15, 0.2) is 5.82 Å². The van der Waals surface area contributed by atoms with Crippen LogP contribution >= 0.6 is 0 Å². The molecule has 1 aromatic heterocycles. The molecule has 9 nitrogen and oxygen atoms in total. The molecule has 0 unspecified atom stereocenters. The summed E-state index contributed by atoms with van der Waals surface area (Å²) in [5.74, 6) is 1.35. The van der Waals surface area contributed by atoms with Gasteiger partial charge in [0.25, 0.3) is 6.47 Å². The number of H-pyrrole nitrogens is 1. The zero-order chi connectivity index (χ0) is 20.9. The predicted octanol–water partition coefficient (Wildman–Crippen LogP) is 2.23. The number of unbranched alkanes of at least 4 members (excludes halogenated alkanes) is 1. The second kappa shape index (κ2) is 12.5. The van der Waals surface area contributed by atoms with E-state index in [-0.39, 0.29) is 12.4 Å². The van der Waals surface area contributed by atoms with Crippen molar-refractivity contribution in [1.29, 1.82) is 0 Å². The number of benzene rings is 1. The minimum atomic E-state index is -0.250. The molecular formula is C20H28N4O5. The summed E-state index contributed by atoms with van der Waals surface area (Å²) in [6, 6.07) is 9.52. The quantitative estimate of drug-likeness (QED) is 0.456. The molecule has 0 spiro atoms. The number of rotatable bonds is 8. The monoisotopic (exact) mass is 404 g/mol. The fourth-order valence-electron chi connectivity index (χ4n) is 2.96. The van der Waals surface area contributed by atoms with Crippen LogP contribution in [-0.4, -0.2) is 72.5 Å². The summed E-state index contributed by atoms with van der Waals surface area (Å²) in [5.41, 5.74) is 1.85. The van der Waals surface area contributed by atoms with E-state index in [0.717, 1.165) is 62.7 Å². The van der Waals surface area contributed by atoms with Gasteiger partial charge in [0, 0.05) is 25.6 Å². The summed E-state index contributed by atoms with van der Waals surface area (Å²) in [6.07, 6.45) is 2.40. The highest BCUT2D eigenvalue weighted by Crippen LogP contribution is 2.22. The Hall–Kier alpha value is -2.91. The third-order valence-electron chi connectivity index (χ3n) is 4.48. The van der Waals surface area contributed by atoms with Crippen LogP contribution in [0.4, 0.5) is 5.82 Å². The minimum absolute atomic E-state index is 0.000224. The van der Waals surface area contributed by atoms with Crippen LogP contribution in [0, 0.1) is 0 Å². The van der Waals surface area contributed by atoms with E-state index in [1.165, 1.54) is 0 Å². The summed E-state index contributed by atoms with van der Waals surface area (Å²) in [5, 5.41) is 16.9. The van der Waals surface area contributed by atoms with Crippen molar-refractivity contribution < 1.29 is 24.2 Å². The number of aromatic nitrogens is 2. The van der Waals surface area contributed by atoms with Gasteiger partial charge in [-0.15, -0.1) is 0 Å². The van der Waals surface area contributed by atoms with Crippen LogP contribution in [0.3, 0.4) is 0 Å². The van der Waals surface area contributed by atoms with Crippen molar-refractivity contribution >= 4 is 18.2 Å². The van der Waals surface area contributed by atoms with Crippen molar-refractivity contribution in [3.05, 3.63) is 30.3 Å². The maximum Gasteiger partial charge on any atom is 0.290 e. The van der Waals surface area contributed by atoms with Crippen molar-refractivity contribution in [2.75, 3.05) is 45.3 Å². The second-order valence-corrected chi connectivity index (χ2v) is 6.46. The molecule has 0 atom stereocenters. The molecule has 0 aliphatic carbocycles. The minimum Gasteiger partial charge on any atom is -0.497 e. The molecule has 2 heterocycles. The molecule has 9 heteroatoms. The molecule has 0 bridgehead atoms. The van der Waals surface area contributed by atoms with Crippen LogP contribution < -0.4 is 10.1 Å². The molecule has 158 valence electrons. The van der Waals surface area contributed by atoms with E-state index in [9.17, 15) is 4.79 Å². The third-order valence-corrected chi connectivity index (χ3v) is 4.48. The summed E-state index contributed by atoms with van der Waals surface area (Å²) in [4.78, 5) is 22.8. The van der Waals surface area contributed by atoms with E-state index in [1.54, 1.807) is 7.11 Å². The molecule has 3 rings (SSSR count). The number of morpholine rings is 1. The number of methoxy groups -OCH3 is 1. The van der Waals surface area contributed by atoms with Crippen LogP contribution in [-0.2, 0) is 14.3 Å². The molecule has 2 aromatic rings. The number of carbonyl (C=O) groups is 2. The maximum atomic E-state index is 12.1. The van der Waals surface area contributed by atoms with Crippen molar-refractivity contribution in [2.24, 2.45) is 0 Å². The molecule has 1 amide bonds. The fourth-order valence-corrected chi connectivity index (χ4v) is 2.96. The van der Waals surface area contributed by atoms with E-state index >= 15 is 0 Å². The Morgan fingerprint density at radius 2 is 2.00 bits per heavy atom. The van der Waals surface area contributed by atoms with Gasteiger partial charge in [0.2, 0.25) is 5.91 Å². The van der Waals surface area contributed by atoms with Gasteiger partial charge >= 0.3 is 0 Å². The Morgan fingerprint density at radius 3 is 2.66 bits per heavy atom. The van der Waals surface area contributed by atoms with E-state index < -0.39 is 0 Å². The largest absolute Gasteiger partial charge is 0.497 e. The van der Waals surface area contributed by atoms with Gasteiger partial charge < -0.3 is 19.9 Å². The Morgan fingerprint density at radius 1 is 1.31 bits per heavy atom. The molecule has 1 aromatic carbocycles. The number of ether oxygens (including phenoxy) is 2. The van der Waals surface area contributed by atoms with Gasteiger partial charge in [-0.25, -0.2) is 0 Å². The normalized spacial score (nSPS) is 13.8. The number of anilines is 1. The average Bonchev–Trinajstić information content (AvgIpc) is 3.21. The van der Waals surface area contributed by atoms with Crippen LogP contribution in [0.1, 0.15) is 19.3 Å². The first-order chi connectivity index (χ1) is 14.2. The zero-order valence-electron chi connectivity index (χ0n) is 16.6. The predicted molar refractivity (Wildman–Crippen MR) is 109 cm³/mol. The molecular weight excluding hydrogens is 376 g/mol. The molecule has 3 N–H and O–H groups in total. The van der Waals surface area contributed by atoms with Crippen molar-refractivity contribution in [3.8, 4) is 17.0 Å². The summed E-state index contributed by atoms with van der Waals surface area (Å²) in [7, 11) is 1.64. The number of amides is 1. The number of nitrogens with zero attached hydrogens (tertiary/aromatic N) is 2. The number of aromatic amines is 1. The number of hydrogen-bond donors (Lipinski definition) is 3. The molecule has 1 aliphatic heterocycles. The van der Waals surface area contributed by atoms with Crippen molar-refractivity contribution in [3.63, 3.8) is 0 Å². The number of carbonyl (C=O) groups excluding carboxylic acids is 1. The summed E-state index contributed by atoms with van der Waals surface area (Å²) < 4.78 is 10.5. The molecule has 1 aliphatic rings. The molecule has 1 saturated heterocycles. The Labute approximate surface area is 170 Å². The van der Waals surface area contributed by atoms with Gasteiger partial charge in [-0.3, -0.25) is 19.6 Å². The van der Waals surface area contributed by atoms with Crippen LogP contribution in [0.5, 0.6) is 5.75 Å². The standard InChI is InChI=1S/C19H26N4O3.CH2O2/c1-25-16-7-5-15(6-8-16)17-14-18(22-21-17)20-19(24)4-2-3-9-23-10-12-26-13-11-23;2-1-3/h5-8,14H,2-4,9-13H2,1H3,(H2,20,21,22,24);1H,(H,2,3). The lowest BCUT2D eigenvalue weighted by Crippen LogP contribution is -2.36. The lowest BCUT2D eigenvalue weighted by atomic mass is 10.1. The number of nitrogens with one attached hydrogen (secondary N) is 2. The second-order valence-electron chi connectivity index (χ2n) is 6.46. The first-order valence-corrected chi connectivity index (χ1v) is 9.54. The first-order valence-electron chi connectivity index (χ1n) is 9.54. The smallest absolute Gasteiger partial charge is 0.290 e. The summed E-state index contributed by atoms with van der Waals surface area (Å²) in [6.45, 7) is 4.40. The lowest BCUT2D eigenvalue weighted by molar-refractivity contribution is -0.123. The van der Waals surface area contributed by atoms with Gasteiger partial charge in [0.05, 0.1) is 26.0 Å². The van der Waals surface area contributed by atoms with Crippen molar-refractivity contribution in [1.82, 2.24) is 15.1 Å². The van der Waals surface area contributed by atoms with Gasteiger partial charge in [-0.2, -0.15) is 5.10 Å². The third kappa shape index (κ3) is 7.92. The first kappa shape index (κ1) is 22.4. The van der Waals surface area contributed by atoms with Crippen LogP contribution in [0.2, 0.25) is 0 Å². The zero-order valence-corrected chi connectivity index (χ0v) is 16.6. The van der Waals surface area contributed by atoms with E-state index in [1.807, 2.05) is 30.3 Å². The molecule has 0 radical (unpaired) electrons. The molecule has 0 saturated carbocycles. The van der Waals surface area contributed by atoms with Gasteiger partial charge in [-0.1, -0.05) is 0 Å². The lowest BCUT2D eigenvalue weighted by Gasteiger charge is -2.26. The van der Waals surface area contributed by atoms with E-state index in [2.05, 4.69) is 20.4 Å². The van der Waals surface area contributed by atoms with Crippen LogP contribution in [0.15, 0.2) is 30.3 Å². The highest BCUT2D eigenvalue weighted by molar-refractivity contribution is 5.90. The highest BCUT2D eigenvalue weighted by Gasteiger charge is 2.11. The van der Waals surface area contributed by atoms with Gasteiger partial charge in [-0.05, 0) is 49.2 Å². The van der Waals surface area contributed by atoms with E-state index in [0.29, 0.717) is 12.2 Å². The van der Waals surface area contributed by atoms with Crippen LogP contribution in [0.25, 0.3) is 11.3 Å². The number of hydrogen-bond acceptors (Lipinski definition) is 6. The van der Waals surface area contributed by atoms with Crippen molar-refractivity contribution in [2.45, 2.75) is 19.3 Å². The SMILES string of the molecule is COc1ccc(-c2cc(NC(=O)CCCCN3CCOCC3)n[nH]2)cc1.O=CO. The highest BCUT2D eigenvalue weighted by atomic mass is 16.5. The maximum absolute atomic E-state index is 12.1. The Balaban J connectivity index is 0.000000941. The number of carboxylic acid groups (broad SMARTS) is 1. The Bertz CT molecular complexity index is 742. The summed E-state index contributed by atoms with van der Waals surface area (Å²) >= 11 is 0. The average molecular weight is 404 g/mol. The fraction of sp³-hybridized carbons (Fsp3) is 0.450. The van der Waals surface area contributed by atoms with E-state index in [4.69, 9.17) is 19.4 Å². The Kier molecular flexibility index (Phi) is 9.67. The topological polar surface area (TPSA) is 117 Å². The van der Waals surface area contributed by atoms with Gasteiger partial charge in [0.1, 0.15) is 5.75 Å². The molecule has 1 fully saturated rings. The molecule has 29 heavy (non-hydrogen) atoms.